The molecule has 0 heterocycles. The van der Waals surface area contributed by atoms with E-state index in [4.69, 9.17) is 4.74 Å². The van der Waals surface area contributed by atoms with E-state index in [-0.39, 0.29) is 36.0 Å². The minimum absolute atomic E-state index is 0. The van der Waals surface area contributed by atoms with Crippen LogP contribution in [0.25, 0.3) is 0 Å². The summed E-state index contributed by atoms with van der Waals surface area (Å²) >= 11 is 0. The summed E-state index contributed by atoms with van der Waals surface area (Å²) in [6, 6.07) is 0.218. The van der Waals surface area contributed by atoms with Crippen molar-refractivity contribution in [2.75, 3.05) is 34.4 Å². The largest absolute Gasteiger partial charge is 0.469 e. The molecule has 0 saturated heterocycles. The first-order valence-electron chi connectivity index (χ1n) is 6.67. The second-order valence-corrected chi connectivity index (χ2v) is 4.39. The quantitative estimate of drug-likeness (QED) is 0.202. The van der Waals surface area contributed by atoms with Crippen molar-refractivity contribution >= 4 is 35.9 Å². The molecule has 0 spiro atoms. The van der Waals surface area contributed by atoms with Gasteiger partial charge in [-0.1, -0.05) is 6.42 Å². The molecule has 0 aromatic heterocycles. The van der Waals surface area contributed by atoms with Gasteiger partial charge in [-0.2, -0.15) is 0 Å². The van der Waals surface area contributed by atoms with Crippen molar-refractivity contribution in [1.82, 2.24) is 10.6 Å². The van der Waals surface area contributed by atoms with Gasteiger partial charge in [0, 0.05) is 33.2 Å². The standard InChI is InChI=1S/C13H27N3O3.HI/c1-11(10-18-3)16-13(14-2)15-9-7-5-6-8-12(17)19-4;/h11H,5-10H2,1-4H3,(H2,14,15,16);1H. The number of hydrogen-bond donors (Lipinski definition) is 2. The topological polar surface area (TPSA) is 72.0 Å². The number of ether oxygens (including phenoxy) is 2. The zero-order chi connectivity index (χ0) is 14.5. The van der Waals surface area contributed by atoms with Crippen LogP contribution in [0.4, 0.5) is 0 Å². The molecule has 2 N–H and O–H groups in total. The van der Waals surface area contributed by atoms with Crippen molar-refractivity contribution in [3.05, 3.63) is 0 Å². The highest BCUT2D eigenvalue weighted by Gasteiger charge is 2.04. The zero-order valence-electron chi connectivity index (χ0n) is 12.9. The first kappa shape index (κ1) is 21.7. The van der Waals surface area contributed by atoms with Crippen LogP contribution in [0, 0.1) is 0 Å². The maximum Gasteiger partial charge on any atom is 0.305 e. The molecular weight excluding hydrogens is 373 g/mol. The predicted molar refractivity (Wildman–Crippen MR) is 91.7 cm³/mol. The van der Waals surface area contributed by atoms with Gasteiger partial charge in [-0.05, 0) is 19.8 Å². The van der Waals surface area contributed by atoms with Crippen molar-refractivity contribution < 1.29 is 14.3 Å². The molecule has 0 aromatic carbocycles. The van der Waals surface area contributed by atoms with Gasteiger partial charge in [0.05, 0.1) is 13.7 Å². The average molecular weight is 401 g/mol. The van der Waals surface area contributed by atoms with E-state index in [9.17, 15) is 4.79 Å². The Morgan fingerprint density at radius 1 is 1.25 bits per heavy atom. The lowest BCUT2D eigenvalue weighted by Gasteiger charge is -2.17. The van der Waals surface area contributed by atoms with Crippen molar-refractivity contribution in [2.45, 2.75) is 38.6 Å². The van der Waals surface area contributed by atoms with Crippen molar-refractivity contribution in [1.29, 1.82) is 0 Å². The summed E-state index contributed by atoms with van der Waals surface area (Å²) in [5.41, 5.74) is 0. The molecule has 1 unspecified atom stereocenters. The van der Waals surface area contributed by atoms with Crippen LogP contribution in [0.15, 0.2) is 4.99 Å². The van der Waals surface area contributed by atoms with Gasteiger partial charge in [0.1, 0.15) is 0 Å². The van der Waals surface area contributed by atoms with E-state index in [2.05, 4.69) is 20.4 Å². The second kappa shape index (κ2) is 14.8. The Labute approximate surface area is 139 Å². The van der Waals surface area contributed by atoms with Gasteiger partial charge in [0.2, 0.25) is 0 Å². The lowest BCUT2D eigenvalue weighted by molar-refractivity contribution is -0.140. The van der Waals surface area contributed by atoms with E-state index in [0.29, 0.717) is 13.0 Å². The third-order valence-electron chi connectivity index (χ3n) is 2.60. The zero-order valence-corrected chi connectivity index (χ0v) is 15.2. The summed E-state index contributed by atoms with van der Waals surface area (Å²) in [4.78, 5) is 15.0. The normalized spacial score (nSPS) is 12.3. The number of unbranched alkanes of at least 4 members (excludes halogenated alkanes) is 2. The van der Waals surface area contributed by atoms with E-state index in [1.54, 1.807) is 14.2 Å². The second-order valence-electron chi connectivity index (χ2n) is 4.39. The molecule has 0 rings (SSSR count). The number of carbonyl (C=O) groups is 1. The Morgan fingerprint density at radius 2 is 1.95 bits per heavy atom. The summed E-state index contributed by atoms with van der Waals surface area (Å²) in [5, 5.41) is 6.45. The van der Waals surface area contributed by atoms with Gasteiger partial charge in [-0.3, -0.25) is 9.79 Å². The Balaban J connectivity index is 0. The molecule has 0 bridgehead atoms. The van der Waals surface area contributed by atoms with Gasteiger partial charge >= 0.3 is 5.97 Å². The van der Waals surface area contributed by atoms with Gasteiger partial charge in [-0.25, -0.2) is 0 Å². The molecule has 0 radical (unpaired) electrons. The maximum atomic E-state index is 10.9. The number of aliphatic imine (C=N–C) groups is 1. The highest BCUT2D eigenvalue weighted by Crippen LogP contribution is 1.99. The first-order valence-corrected chi connectivity index (χ1v) is 6.67. The molecule has 6 nitrogen and oxygen atoms in total. The monoisotopic (exact) mass is 401 g/mol. The highest BCUT2D eigenvalue weighted by molar-refractivity contribution is 14.0. The number of esters is 1. The Hall–Kier alpha value is -0.570. The molecule has 0 aliphatic heterocycles. The van der Waals surface area contributed by atoms with E-state index >= 15 is 0 Å². The molecule has 0 aliphatic carbocycles. The Bertz CT molecular complexity index is 276. The van der Waals surface area contributed by atoms with Crippen molar-refractivity contribution in [3.63, 3.8) is 0 Å². The van der Waals surface area contributed by atoms with Crippen LogP contribution >= 0.6 is 24.0 Å². The molecule has 120 valence electrons. The Kier molecular flexibility index (Phi) is 16.1. The summed E-state index contributed by atoms with van der Waals surface area (Å²) in [6.45, 7) is 3.51. The Morgan fingerprint density at radius 3 is 2.50 bits per heavy atom. The van der Waals surface area contributed by atoms with Crippen LogP contribution in [0.5, 0.6) is 0 Å². The molecule has 0 aliphatic rings. The molecule has 0 aromatic rings. The van der Waals surface area contributed by atoms with E-state index in [0.717, 1.165) is 31.8 Å². The van der Waals surface area contributed by atoms with E-state index in [1.165, 1.54) is 7.11 Å². The summed E-state index contributed by atoms with van der Waals surface area (Å²) in [5.74, 6) is 0.636. The van der Waals surface area contributed by atoms with Crippen LogP contribution in [-0.4, -0.2) is 52.4 Å². The predicted octanol–water partition coefficient (Wildman–Crippen LogP) is 1.54. The molecule has 0 fully saturated rings. The number of hydrogen-bond acceptors (Lipinski definition) is 4. The van der Waals surface area contributed by atoms with Gasteiger partial charge in [0.25, 0.3) is 0 Å². The van der Waals surface area contributed by atoms with E-state index < -0.39 is 0 Å². The van der Waals surface area contributed by atoms with Crippen LogP contribution in [-0.2, 0) is 14.3 Å². The molecule has 1 atom stereocenters. The van der Waals surface area contributed by atoms with Crippen LogP contribution in [0.3, 0.4) is 0 Å². The molecule has 0 saturated carbocycles. The average Bonchev–Trinajstić information content (AvgIpc) is 2.41. The SMILES string of the molecule is CN=C(NCCCCCC(=O)OC)NC(C)COC.I. The molecule has 7 heteroatoms. The lowest BCUT2D eigenvalue weighted by atomic mass is 10.2. The minimum Gasteiger partial charge on any atom is -0.469 e. The number of carbonyl (C=O) groups excluding carboxylic acids is 1. The highest BCUT2D eigenvalue weighted by atomic mass is 127. The molecule has 0 amide bonds. The maximum absolute atomic E-state index is 10.9. The number of halogens is 1. The van der Waals surface area contributed by atoms with Gasteiger partial charge in [-0.15, -0.1) is 24.0 Å². The number of guanidine groups is 1. The molecular formula is C13H28IN3O3. The fraction of sp³-hybridized carbons (Fsp3) is 0.846. The van der Waals surface area contributed by atoms with Crippen molar-refractivity contribution in [3.8, 4) is 0 Å². The van der Waals surface area contributed by atoms with Crippen LogP contribution in [0.1, 0.15) is 32.6 Å². The smallest absolute Gasteiger partial charge is 0.305 e. The summed E-state index contributed by atoms with van der Waals surface area (Å²) in [7, 11) is 4.84. The van der Waals surface area contributed by atoms with Crippen LogP contribution < -0.4 is 10.6 Å². The third kappa shape index (κ3) is 12.5. The number of nitrogens with zero attached hydrogens (tertiary/aromatic N) is 1. The van der Waals surface area contributed by atoms with Crippen molar-refractivity contribution in [2.24, 2.45) is 4.99 Å². The first-order chi connectivity index (χ1) is 9.13. The summed E-state index contributed by atoms with van der Waals surface area (Å²) < 4.78 is 9.63. The number of nitrogens with one attached hydrogen (secondary N) is 2. The fourth-order valence-electron chi connectivity index (χ4n) is 1.60. The number of rotatable bonds is 9. The van der Waals surface area contributed by atoms with E-state index in [1.807, 2.05) is 6.92 Å². The fourth-order valence-corrected chi connectivity index (χ4v) is 1.60. The van der Waals surface area contributed by atoms with Gasteiger partial charge in [0.15, 0.2) is 5.96 Å². The third-order valence-corrected chi connectivity index (χ3v) is 2.60. The minimum atomic E-state index is -0.140. The van der Waals surface area contributed by atoms with Gasteiger partial charge < -0.3 is 20.1 Å². The summed E-state index contributed by atoms with van der Waals surface area (Å²) in [6.07, 6.45) is 3.35. The van der Waals surface area contributed by atoms with Crippen LogP contribution in [0.2, 0.25) is 0 Å². The lowest BCUT2D eigenvalue weighted by Crippen LogP contribution is -2.44. The number of methoxy groups -OCH3 is 2. The molecule has 20 heavy (non-hydrogen) atoms.